The average molecular weight is 333 g/mol. The Hall–Kier alpha value is -2.74. The van der Waals surface area contributed by atoms with Crippen molar-refractivity contribution in [1.82, 2.24) is 5.43 Å². The highest BCUT2D eigenvalue weighted by Gasteiger charge is 2.16. The SMILES string of the molecule is COc1ccc(/C(C)=N\NC(=O)Cc2cccs2)cc1[N+](=O)[O-]. The molecular formula is C15H15N3O4S. The van der Waals surface area contributed by atoms with E-state index in [-0.39, 0.29) is 23.8 Å². The molecule has 0 fully saturated rings. The monoisotopic (exact) mass is 333 g/mol. The molecule has 2 aromatic rings. The zero-order chi connectivity index (χ0) is 16.8. The third-order valence-corrected chi connectivity index (χ3v) is 3.93. The minimum atomic E-state index is -0.523. The normalized spacial score (nSPS) is 11.1. The van der Waals surface area contributed by atoms with Gasteiger partial charge >= 0.3 is 5.69 Å². The van der Waals surface area contributed by atoms with Gasteiger partial charge in [-0.25, -0.2) is 5.43 Å². The molecule has 0 bridgehead atoms. The van der Waals surface area contributed by atoms with Crippen LogP contribution in [0.3, 0.4) is 0 Å². The molecule has 1 N–H and O–H groups in total. The fraction of sp³-hybridized carbons (Fsp3) is 0.200. The Balaban J connectivity index is 2.10. The standard InChI is InChI=1S/C15H15N3O4S/c1-10(16-17-15(19)9-12-4-3-7-23-12)11-5-6-14(22-2)13(8-11)18(20)21/h3-8H,9H2,1-2H3,(H,17,19)/b16-10-. The topological polar surface area (TPSA) is 93.8 Å². The molecule has 1 aromatic carbocycles. The lowest BCUT2D eigenvalue weighted by Crippen LogP contribution is -2.20. The lowest BCUT2D eigenvalue weighted by Gasteiger charge is -2.05. The van der Waals surface area contributed by atoms with Crippen LogP contribution in [0.15, 0.2) is 40.8 Å². The second kappa shape index (κ2) is 7.50. The number of nitrogens with one attached hydrogen (secondary N) is 1. The zero-order valence-electron chi connectivity index (χ0n) is 12.6. The summed E-state index contributed by atoms with van der Waals surface area (Å²) < 4.78 is 4.95. The van der Waals surface area contributed by atoms with Crippen molar-refractivity contribution in [3.05, 3.63) is 56.3 Å². The molecule has 0 atom stereocenters. The van der Waals surface area contributed by atoms with E-state index in [2.05, 4.69) is 10.5 Å². The Morgan fingerprint density at radius 2 is 2.22 bits per heavy atom. The van der Waals surface area contributed by atoms with Gasteiger partial charge in [-0.1, -0.05) is 6.07 Å². The van der Waals surface area contributed by atoms with Gasteiger partial charge in [0.25, 0.3) is 0 Å². The molecule has 1 heterocycles. The molecule has 0 saturated heterocycles. The van der Waals surface area contributed by atoms with Crippen molar-refractivity contribution in [2.45, 2.75) is 13.3 Å². The number of nitro groups is 1. The Labute approximate surface area is 136 Å². The van der Waals surface area contributed by atoms with Crippen LogP contribution in [0.5, 0.6) is 5.75 Å². The van der Waals surface area contributed by atoms with E-state index >= 15 is 0 Å². The highest BCUT2D eigenvalue weighted by atomic mass is 32.1. The van der Waals surface area contributed by atoms with Crippen molar-refractivity contribution in [2.75, 3.05) is 7.11 Å². The number of rotatable bonds is 6. The quantitative estimate of drug-likeness (QED) is 0.499. The van der Waals surface area contributed by atoms with Gasteiger partial charge in [-0.05, 0) is 30.5 Å². The highest BCUT2D eigenvalue weighted by Crippen LogP contribution is 2.27. The first-order valence-electron chi connectivity index (χ1n) is 6.69. The van der Waals surface area contributed by atoms with E-state index in [9.17, 15) is 14.9 Å². The predicted octanol–water partition coefficient (Wildman–Crippen LogP) is 2.75. The van der Waals surface area contributed by atoms with E-state index in [0.717, 1.165) is 4.88 Å². The van der Waals surface area contributed by atoms with Crippen LogP contribution >= 0.6 is 11.3 Å². The lowest BCUT2D eigenvalue weighted by atomic mass is 10.1. The van der Waals surface area contributed by atoms with Gasteiger partial charge in [0, 0.05) is 16.5 Å². The van der Waals surface area contributed by atoms with Gasteiger partial charge in [0.1, 0.15) is 0 Å². The summed E-state index contributed by atoms with van der Waals surface area (Å²) in [6.45, 7) is 1.66. The Morgan fingerprint density at radius 1 is 1.43 bits per heavy atom. The van der Waals surface area contributed by atoms with Crippen LogP contribution in [0.4, 0.5) is 5.69 Å². The van der Waals surface area contributed by atoms with Crippen molar-refractivity contribution in [3.63, 3.8) is 0 Å². The molecule has 0 spiro atoms. The van der Waals surface area contributed by atoms with Crippen molar-refractivity contribution in [1.29, 1.82) is 0 Å². The molecule has 0 aliphatic rings. The number of amides is 1. The molecule has 7 nitrogen and oxygen atoms in total. The van der Waals surface area contributed by atoms with Crippen molar-refractivity contribution < 1.29 is 14.5 Å². The first-order chi connectivity index (χ1) is 11.0. The first kappa shape index (κ1) is 16.6. The molecule has 1 amide bonds. The maximum absolute atomic E-state index is 11.8. The number of hydrogen-bond donors (Lipinski definition) is 1. The van der Waals surface area contributed by atoms with Crippen LogP contribution in [0.1, 0.15) is 17.4 Å². The van der Waals surface area contributed by atoms with Gasteiger partial charge in [-0.15, -0.1) is 11.3 Å². The van der Waals surface area contributed by atoms with E-state index in [0.29, 0.717) is 11.3 Å². The van der Waals surface area contributed by atoms with Crippen LogP contribution < -0.4 is 10.2 Å². The number of hydrazone groups is 1. The van der Waals surface area contributed by atoms with Gasteiger partial charge < -0.3 is 4.74 Å². The number of benzene rings is 1. The van der Waals surface area contributed by atoms with Crippen LogP contribution in [-0.4, -0.2) is 23.7 Å². The zero-order valence-corrected chi connectivity index (χ0v) is 13.4. The van der Waals surface area contributed by atoms with Crippen LogP contribution in [0, 0.1) is 10.1 Å². The molecule has 8 heteroatoms. The first-order valence-corrected chi connectivity index (χ1v) is 7.57. The third-order valence-electron chi connectivity index (χ3n) is 3.06. The maximum atomic E-state index is 11.8. The van der Waals surface area contributed by atoms with Gasteiger partial charge in [0.05, 0.1) is 24.2 Å². The summed E-state index contributed by atoms with van der Waals surface area (Å²) in [5, 5.41) is 16.9. The predicted molar refractivity (Wildman–Crippen MR) is 88.0 cm³/mol. The summed E-state index contributed by atoms with van der Waals surface area (Å²) in [5.74, 6) is -0.0666. The van der Waals surface area contributed by atoms with Crippen molar-refractivity contribution in [3.8, 4) is 5.75 Å². The van der Waals surface area contributed by atoms with Gasteiger partial charge in [-0.3, -0.25) is 14.9 Å². The second-order valence-corrected chi connectivity index (χ2v) is 5.66. The van der Waals surface area contributed by atoms with E-state index in [1.165, 1.54) is 30.6 Å². The Morgan fingerprint density at radius 3 is 2.83 bits per heavy atom. The summed E-state index contributed by atoms with van der Waals surface area (Å²) in [4.78, 5) is 23.2. The smallest absolute Gasteiger partial charge is 0.311 e. The number of nitrogens with zero attached hydrogens (tertiary/aromatic N) is 2. The van der Waals surface area contributed by atoms with Crippen LogP contribution in [0.25, 0.3) is 0 Å². The molecule has 0 radical (unpaired) electrons. The summed E-state index contributed by atoms with van der Waals surface area (Å²) in [7, 11) is 1.37. The molecule has 0 aliphatic carbocycles. The van der Waals surface area contributed by atoms with Crippen molar-refractivity contribution >= 4 is 28.6 Å². The summed E-state index contributed by atoms with van der Waals surface area (Å²) in [5.41, 5.74) is 3.31. The molecular weight excluding hydrogens is 318 g/mol. The number of methoxy groups -OCH3 is 1. The number of carbonyl (C=O) groups excluding carboxylic acids is 1. The Kier molecular flexibility index (Phi) is 5.42. The van der Waals surface area contributed by atoms with Gasteiger partial charge in [-0.2, -0.15) is 5.10 Å². The molecule has 1 aromatic heterocycles. The number of ether oxygens (including phenoxy) is 1. The average Bonchev–Trinajstić information content (AvgIpc) is 3.04. The van der Waals surface area contributed by atoms with Gasteiger partial charge in [0.15, 0.2) is 5.75 Å². The minimum absolute atomic E-state index is 0.149. The lowest BCUT2D eigenvalue weighted by molar-refractivity contribution is -0.385. The van der Waals surface area contributed by atoms with E-state index < -0.39 is 4.92 Å². The Bertz CT molecular complexity index is 741. The summed E-state index contributed by atoms with van der Waals surface area (Å²) in [6, 6.07) is 8.26. The molecule has 0 saturated carbocycles. The molecule has 120 valence electrons. The number of carbonyl (C=O) groups is 1. The van der Waals surface area contributed by atoms with E-state index in [4.69, 9.17) is 4.74 Å². The maximum Gasteiger partial charge on any atom is 0.311 e. The van der Waals surface area contributed by atoms with Crippen LogP contribution in [0.2, 0.25) is 0 Å². The largest absolute Gasteiger partial charge is 0.490 e. The fourth-order valence-corrected chi connectivity index (χ4v) is 2.58. The summed E-state index contributed by atoms with van der Waals surface area (Å²) >= 11 is 1.49. The highest BCUT2D eigenvalue weighted by molar-refractivity contribution is 7.10. The molecule has 23 heavy (non-hydrogen) atoms. The van der Waals surface area contributed by atoms with Crippen LogP contribution in [-0.2, 0) is 11.2 Å². The number of hydrogen-bond acceptors (Lipinski definition) is 6. The fourth-order valence-electron chi connectivity index (χ4n) is 1.88. The van der Waals surface area contributed by atoms with Crippen molar-refractivity contribution in [2.24, 2.45) is 5.10 Å². The van der Waals surface area contributed by atoms with E-state index in [1.54, 1.807) is 13.0 Å². The third kappa shape index (κ3) is 4.36. The number of thiophene rings is 1. The minimum Gasteiger partial charge on any atom is -0.490 e. The van der Waals surface area contributed by atoms with E-state index in [1.807, 2.05) is 17.5 Å². The van der Waals surface area contributed by atoms with Gasteiger partial charge in [0.2, 0.25) is 5.91 Å². The molecule has 0 aliphatic heterocycles. The number of nitro benzene ring substituents is 1. The second-order valence-electron chi connectivity index (χ2n) is 4.63. The molecule has 0 unspecified atom stereocenters. The molecule has 2 rings (SSSR count). The summed E-state index contributed by atoms with van der Waals surface area (Å²) in [6.07, 6.45) is 0.247.